The molecule has 33 heavy (non-hydrogen) atoms. The topological polar surface area (TPSA) is 63.2 Å². The van der Waals surface area contributed by atoms with Gasteiger partial charge in [0.2, 0.25) is 11.5 Å². The molecule has 0 amide bonds. The molecule has 0 aliphatic carbocycles. The summed E-state index contributed by atoms with van der Waals surface area (Å²) in [5.74, 6) is 2.43. The highest BCUT2D eigenvalue weighted by Crippen LogP contribution is 2.42. The van der Waals surface area contributed by atoms with E-state index in [1.807, 2.05) is 37.3 Å². The fourth-order valence-corrected chi connectivity index (χ4v) is 3.95. The normalized spacial score (nSPS) is 13.5. The van der Waals surface area contributed by atoms with E-state index in [4.69, 9.17) is 35.3 Å². The number of hydrogen-bond donors (Lipinski definition) is 0. The Hall–Kier alpha value is -3.64. The van der Waals surface area contributed by atoms with Crippen LogP contribution in [0.1, 0.15) is 27.0 Å². The SMILES string of the molecule is COc1ccc(/C=C2\Oc3cc(OCc4cccc(Cl)c4)cc(C)c3C2=O)c(OC)c1OC. The zero-order chi connectivity index (χ0) is 23.5. The molecule has 1 heterocycles. The Bertz CT molecular complexity index is 1250. The summed E-state index contributed by atoms with van der Waals surface area (Å²) in [6, 6.07) is 14.5. The largest absolute Gasteiger partial charge is 0.493 e. The number of hydrogen-bond acceptors (Lipinski definition) is 6. The lowest BCUT2D eigenvalue weighted by molar-refractivity contribution is 0.101. The zero-order valence-corrected chi connectivity index (χ0v) is 19.5. The van der Waals surface area contributed by atoms with E-state index in [1.165, 1.54) is 14.2 Å². The van der Waals surface area contributed by atoms with Crippen molar-refractivity contribution in [3.8, 4) is 28.7 Å². The molecule has 0 unspecified atom stereocenters. The van der Waals surface area contributed by atoms with Gasteiger partial charge in [-0.05, 0) is 54.5 Å². The first-order valence-electron chi connectivity index (χ1n) is 10.2. The van der Waals surface area contributed by atoms with E-state index in [0.717, 1.165) is 11.1 Å². The average molecular weight is 467 g/mol. The van der Waals surface area contributed by atoms with E-state index >= 15 is 0 Å². The van der Waals surface area contributed by atoms with Crippen LogP contribution in [-0.4, -0.2) is 27.1 Å². The second kappa shape index (κ2) is 9.46. The van der Waals surface area contributed by atoms with Gasteiger partial charge in [0.25, 0.3) is 0 Å². The van der Waals surface area contributed by atoms with Crippen LogP contribution in [0, 0.1) is 6.92 Å². The van der Waals surface area contributed by atoms with E-state index < -0.39 is 0 Å². The predicted molar refractivity (Wildman–Crippen MR) is 126 cm³/mol. The number of rotatable bonds is 7. The van der Waals surface area contributed by atoms with Gasteiger partial charge >= 0.3 is 0 Å². The summed E-state index contributed by atoms with van der Waals surface area (Å²) in [6.07, 6.45) is 1.63. The van der Waals surface area contributed by atoms with Crippen molar-refractivity contribution >= 4 is 23.5 Å². The molecule has 0 N–H and O–H groups in total. The summed E-state index contributed by atoms with van der Waals surface area (Å²) < 4.78 is 28.1. The first-order valence-corrected chi connectivity index (χ1v) is 10.6. The molecule has 1 aliphatic rings. The van der Waals surface area contributed by atoms with Gasteiger partial charge in [0.05, 0.1) is 26.9 Å². The lowest BCUT2D eigenvalue weighted by Crippen LogP contribution is -2.01. The molecular weight excluding hydrogens is 444 g/mol. The second-order valence-corrected chi connectivity index (χ2v) is 7.83. The number of Topliss-reactive ketones (excluding diaryl/α,β-unsaturated/α-hetero) is 1. The van der Waals surface area contributed by atoms with Crippen LogP contribution >= 0.6 is 11.6 Å². The van der Waals surface area contributed by atoms with Crippen LogP contribution in [0.25, 0.3) is 6.08 Å². The van der Waals surface area contributed by atoms with Crippen LogP contribution in [0.3, 0.4) is 0 Å². The molecule has 7 heteroatoms. The number of benzene rings is 3. The lowest BCUT2D eigenvalue weighted by Gasteiger charge is -2.14. The van der Waals surface area contributed by atoms with E-state index in [9.17, 15) is 4.79 Å². The third kappa shape index (κ3) is 4.47. The molecule has 0 spiro atoms. The van der Waals surface area contributed by atoms with Gasteiger partial charge < -0.3 is 23.7 Å². The summed E-state index contributed by atoms with van der Waals surface area (Å²) in [5, 5.41) is 0.649. The fraction of sp³-hybridized carbons (Fsp3) is 0.192. The van der Waals surface area contributed by atoms with E-state index in [-0.39, 0.29) is 11.5 Å². The Morgan fingerprint density at radius 3 is 2.45 bits per heavy atom. The summed E-state index contributed by atoms with van der Waals surface area (Å²) in [6.45, 7) is 2.20. The summed E-state index contributed by atoms with van der Waals surface area (Å²) >= 11 is 6.04. The molecule has 0 radical (unpaired) electrons. The molecule has 1 aliphatic heterocycles. The van der Waals surface area contributed by atoms with Gasteiger partial charge in [-0.1, -0.05) is 23.7 Å². The predicted octanol–water partition coefficient (Wildman–Crippen LogP) is 5.87. The van der Waals surface area contributed by atoms with Crippen LogP contribution in [0.4, 0.5) is 0 Å². The second-order valence-electron chi connectivity index (χ2n) is 7.40. The van der Waals surface area contributed by atoms with Gasteiger partial charge in [-0.2, -0.15) is 0 Å². The van der Waals surface area contributed by atoms with Crippen molar-refractivity contribution in [1.29, 1.82) is 0 Å². The molecule has 170 valence electrons. The van der Waals surface area contributed by atoms with Crippen molar-refractivity contribution in [3.63, 3.8) is 0 Å². The number of halogens is 1. The Labute approximate surface area is 197 Å². The van der Waals surface area contributed by atoms with Gasteiger partial charge in [0.15, 0.2) is 17.3 Å². The van der Waals surface area contributed by atoms with Gasteiger partial charge in [0.1, 0.15) is 18.1 Å². The molecule has 0 saturated carbocycles. The number of carbonyl (C=O) groups excluding carboxylic acids is 1. The smallest absolute Gasteiger partial charge is 0.232 e. The van der Waals surface area contributed by atoms with Crippen LogP contribution in [-0.2, 0) is 6.61 Å². The van der Waals surface area contributed by atoms with Crippen molar-refractivity contribution < 1.29 is 28.5 Å². The van der Waals surface area contributed by atoms with Crippen molar-refractivity contribution in [3.05, 3.63) is 81.6 Å². The van der Waals surface area contributed by atoms with E-state index in [1.54, 1.807) is 31.4 Å². The van der Waals surface area contributed by atoms with Gasteiger partial charge in [0, 0.05) is 16.7 Å². The molecule has 6 nitrogen and oxygen atoms in total. The van der Waals surface area contributed by atoms with Crippen LogP contribution in [0.5, 0.6) is 28.7 Å². The first-order chi connectivity index (χ1) is 15.9. The quantitative estimate of drug-likeness (QED) is 0.406. The van der Waals surface area contributed by atoms with Crippen LogP contribution in [0.2, 0.25) is 5.02 Å². The monoisotopic (exact) mass is 466 g/mol. The molecule has 0 fully saturated rings. The molecule has 3 aromatic rings. The summed E-state index contributed by atoms with van der Waals surface area (Å²) in [7, 11) is 4.60. The van der Waals surface area contributed by atoms with Crippen molar-refractivity contribution in [1.82, 2.24) is 0 Å². The molecule has 4 rings (SSSR count). The number of fused-ring (bicyclic) bond motifs is 1. The standard InChI is InChI=1S/C26H23ClO6/c1-15-10-19(32-14-16-6-5-7-18(27)11-16)13-21-23(15)24(28)22(33-21)12-17-8-9-20(29-2)26(31-4)25(17)30-3/h5-13H,14H2,1-4H3/b22-12-. The number of ketones is 1. The maximum absolute atomic E-state index is 13.1. The van der Waals surface area contributed by atoms with Gasteiger partial charge in [-0.15, -0.1) is 0 Å². The number of carbonyl (C=O) groups is 1. The van der Waals surface area contributed by atoms with Crippen LogP contribution < -0.4 is 23.7 Å². The molecule has 0 aromatic heterocycles. The fourth-order valence-electron chi connectivity index (χ4n) is 3.73. The average Bonchev–Trinajstić information content (AvgIpc) is 3.12. The number of aryl methyl sites for hydroxylation is 1. The third-order valence-corrected chi connectivity index (χ3v) is 5.49. The van der Waals surface area contributed by atoms with Gasteiger partial charge in [-0.25, -0.2) is 0 Å². The Kier molecular flexibility index (Phi) is 6.47. The molecular formula is C26H23ClO6. The highest BCUT2D eigenvalue weighted by molar-refractivity contribution is 6.30. The van der Waals surface area contributed by atoms with Crippen molar-refractivity contribution in [2.75, 3.05) is 21.3 Å². The number of ether oxygens (including phenoxy) is 5. The van der Waals surface area contributed by atoms with E-state index in [2.05, 4.69) is 0 Å². The molecule has 3 aromatic carbocycles. The minimum absolute atomic E-state index is 0.186. The minimum atomic E-state index is -0.208. The molecule has 0 saturated heterocycles. The van der Waals surface area contributed by atoms with Crippen LogP contribution in [0.15, 0.2) is 54.3 Å². The summed E-state index contributed by atoms with van der Waals surface area (Å²) in [5.41, 5.74) is 2.84. The Balaban J connectivity index is 1.62. The lowest BCUT2D eigenvalue weighted by atomic mass is 10.0. The highest BCUT2D eigenvalue weighted by Gasteiger charge is 2.30. The van der Waals surface area contributed by atoms with Crippen molar-refractivity contribution in [2.24, 2.45) is 0 Å². The minimum Gasteiger partial charge on any atom is -0.493 e. The molecule has 0 atom stereocenters. The highest BCUT2D eigenvalue weighted by atomic mass is 35.5. The maximum Gasteiger partial charge on any atom is 0.232 e. The summed E-state index contributed by atoms with van der Waals surface area (Å²) in [4.78, 5) is 13.1. The Morgan fingerprint density at radius 2 is 1.76 bits per heavy atom. The Morgan fingerprint density at radius 1 is 0.970 bits per heavy atom. The first kappa shape index (κ1) is 22.6. The maximum atomic E-state index is 13.1. The number of methoxy groups -OCH3 is 3. The van der Waals surface area contributed by atoms with Crippen molar-refractivity contribution in [2.45, 2.75) is 13.5 Å². The third-order valence-electron chi connectivity index (χ3n) is 5.26. The van der Waals surface area contributed by atoms with Gasteiger partial charge in [-0.3, -0.25) is 4.79 Å². The number of allylic oxidation sites excluding steroid dienone is 1. The van der Waals surface area contributed by atoms with E-state index in [0.29, 0.717) is 51.5 Å². The molecule has 0 bridgehead atoms. The zero-order valence-electron chi connectivity index (χ0n) is 18.7.